The van der Waals surface area contributed by atoms with Crippen molar-refractivity contribution in [2.45, 2.75) is 76.5 Å². The number of pyridine rings is 1. The second-order valence-electron chi connectivity index (χ2n) is 8.62. The number of aryl methyl sites for hydroxylation is 1. The van der Waals surface area contributed by atoms with Crippen molar-refractivity contribution in [3.63, 3.8) is 0 Å². The summed E-state index contributed by atoms with van der Waals surface area (Å²) in [5.74, 6) is 0.577. The molecule has 0 unspecified atom stereocenters. The van der Waals surface area contributed by atoms with E-state index in [2.05, 4.69) is 16.6 Å². The van der Waals surface area contributed by atoms with Gasteiger partial charge in [0.15, 0.2) is 0 Å². The number of nitrogens with zero attached hydrogens (tertiary/aromatic N) is 1. The number of anilines is 1. The predicted molar refractivity (Wildman–Crippen MR) is 137 cm³/mol. The molecule has 0 amide bonds. The van der Waals surface area contributed by atoms with Crippen molar-refractivity contribution in [1.82, 2.24) is 4.98 Å². The van der Waals surface area contributed by atoms with Gasteiger partial charge in [-0.1, -0.05) is 70.1 Å². The third-order valence-corrected chi connectivity index (χ3v) is 7.65. The molecule has 2 aromatic carbocycles. The van der Waals surface area contributed by atoms with Crippen LogP contribution < -0.4 is 9.46 Å². The van der Waals surface area contributed by atoms with Gasteiger partial charge in [-0.2, -0.15) is 0 Å². The Morgan fingerprint density at radius 1 is 0.939 bits per heavy atom. The molecule has 3 rings (SSSR count). The first-order valence-corrected chi connectivity index (χ1v) is 13.5. The lowest BCUT2D eigenvalue weighted by molar-refractivity contribution is 0.415. The molecule has 178 valence electrons. The molecule has 0 radical (unpaired) electrons. The monoisotopic (exact) mass is 468 g/mol. The minimum atomic E-state index is -3.78. The molecule has 1 N–H and O–H groups in total. The quantitative estimate of drug-likeness (QED) is 0.273. The molecule has 0 spiro atoms. The third kappa shape index (κ3) is 6.70. The van der Waals surface area contributed by atoms with Gasteiger partial charge in [0, 0.05) is 17.6 Å². The van der Waals surface area contributed by atoms with Crippen LogP contribution in [0.15, 0.2) is 53.6 Å². The van der Waals surface area contributed by atoms with Gasteiger partial charge in [-0.25, -0.2) is 8.42 Å². The van der Waals surface area contributed by atoms with E-state index in [-0.39, 0.29) is 0 Å². The van der Waals surface area contributed by atoms with Crippen LogP contribution in [-0.2, 0) is 16.4 Å². The number of fused-ring (bicyclic) bond motifs is 1. The average molecular weight is 469 g/mol. The number of hydrogen-bond acceptors (Lipinski definition) is 4. The first kappa shape index (κ1) is 25.0. The Morgan fingerprint density at radius 2 is 1.67 bits per heavy atom. The highest BCUT2D eigenvalue weighted by atomic mass is 32.2. The van der Waals surface area contributed by atoms with E-state index in [1.54, 1.807) is 25.4 Å². The van der Waals surface area contributed by atoms with Crippen LogP contribution in [0.3, 0.4) is 0 Å². The van der Waals surface area contributed by atoms with Crippen molar-refractivity contribution in [2.24, 2.45) is 0 Å². The molecule has 0 aliphatic carbocycles. The van der Waals surface area contributed by atoms with Crippen molar-refractivity contribution >= 4 is 26.6 Å². The van der Waals surface area contributed by atoms with Crippen molar-refractivity contribution in [3.8, 4) is 5.75 Å². The second-order valence-corrected chi connectivity index (χ2v) is 10.3. The first-order chi connectivity index (χ1) is 16.0. The number of aromatic nitrogens is 1. The van der Waals surface area contributed by atoms with Gasteiger partial charge in [-0.15, -0.1) is 0 Å². The molecule has 33 heavy (non-hydrogen) atoms. The standard InChI is InChI=1S/C27H36N2O3S/c1-4-5-6-7-8-9-10-11-14-22-15-12-17-26(21(22)2)33(30,31)29-25-20-24(32-3)19-23-16-13-18-28-27(23)25/h12-13,15-20,29H,4-11,14H2,1-3H3. The molecule has 1 heterocycles. The maximum absolute atomic E-state index is 13.3. The SMILES string of the molecule is CCCCCCCCCCc1cccc(S(=O)(=O)Nc2cc(OC)cc3cccnc23)c1C. The lowest BCUT2D eigenvalue weighted by atomic mass is 10.0. The second kappa shape index (κ2) is 12.0. The van der Waals surface area contributed by atoms with E-state index in [0.717, 1.165) is 29.4 Å². The molecule has 0 bridgehead atoms. The Bertz CT molecular complexity index is 1160. The van der Waals surface area contributed by atoms with Crippen molar-refractivity contribution in [3.05, 3.63) is 59.8 Å². The number of methoxy groups -OCH3 is 1. The van der Waals surface area contributed by atoms with Crippen LogP contribution in [0.5, 0.6) is 5.75 Å². The van der Waals surface area contributed by atoms with Gasteiger partial charge in [-0.3, -0.25) is 9.71 Å². The van der Waals surface area contributed by atoms with E-state index >= 15 is 0 Å². The highest BCUT2D eigenvalue weighted by Crippen LogP contribution is 2.30. The fourth-order valence-electron chi connectivity index (χ4n) is 4.23. The molecular weight excluding hydrogens is 432 g/mol. The fourth-order valence-corrected chi connectivity index (χ4v) is 5.58. The summed E-state index contributed by atoms with van der Waals surface area (Å²) in [5, 5.41) is 0.815. The lowest BCUT2D eigenvalue weighted by Crippen LogP contribution is -2.15. The van der Waals surface area contributed by atoms with E-state index in [1.807, 2.05) is 37.3 Å². The van der Waals surface area contributed by atoms with Crippen LogP contribution in [0.2, 0.25) is 0 Å². The highest BCUT2D eigenvalue weighted by Gasteiger charge is 2.20. The highest BCUT2D eigenvalue weighted by molar-refractivity contribution is 7.92. The zero-order valence-corrected chi connectivity index (χ0v) is 20.9. The number of benzene rings is 2. The fraction of sp³-hybridized carbons (Fsp3) is 0.444. The number of ether oxygens (including phenoxy) is 1. The van der Waals surface area contributed by atoms with E-state index in [9.17, 15) is 8.42 Å². The van der Waals surface area contributed by atoms with Gasteiger partial charge in [0.25, 0.3) is 10.0 Å². The normalized spacial score (nSPS) is 11.6. The van der Waals surface area contributed by atoms with E-state index in [0.29, 0.717) is 21.8 Å². The minimum absolute atomic E-state index is 0.312. The van der Waals surface area contributed by atoms with E-state index in [1.165, 1.54) is 44.9 Å². The van der Waals surface area contributed by atoms with Crippen LogP contribution in [-0.4, -0.2) is 20.5 Å². The number of sulfonamides is 1. The van der Waals surface area contributed by atoms with Crippen LogP contribution in [0.4, 0.5) is 5.69 Å². The van der Waals surface area contributed by atoms with Crippen LogP contribution in [0, 0.1) is 6.92 Å². The van der Waals surface area contributed by atoms with Crippen LogP contribution in [0.25, 0.3) is 10.9 Å². The zero-order chi connectivity index (χ0) is 23.7. The van der Waals surface area contributed by atoms with Gasteiger partial charge < -0.3 is 4.74 Å². The maximum atomic E-state index is 13.3. The number of unbranched alkanes of at least 4 members (excludes halogenated alkanes) is 7. The summed E-state index contributed by atoms with van der Waals surface area (Å²) in [6, 6.07) is 12.8. The summed E-state index contributed by atoms with van der Waals surface area (Å²) in [5.41, 5.74) is 2.91. The summed E-state index contributed by atoms with van der Waals surface area (Å²) >= 11 is 0. The van der Waals surface area contributed by atoms with Crippen molar-refractivity contribution in [2.75, 3.05) is 11.8 Å². The van der Waals surface area contributed by atoms with Crippen molar-refractivity contribution < 1.29 is 13.2 Å². The Hall–Kier alpha value is -2.60. The molecule has 6 heteroatoms. The largest absolute Gasteiger partial charge is 0.497 e. The van der Waals surface area contributed by atoms with Gasteiger partial charge in [0.05, 0.1) is 23.2 Å². The van der Waals surface area contributed by atoms with Gasteiger partial charge in [0.1, 0.15) is 5.75 Å². The average Bonchev–Trinajstić information content (AvgIpc) is 2.81. The predicted octanol–water partition coefficient (Wildman–Crippen LogP) is 7.04. The summed E-state index contributed by atoms with van der Waals surface area (Å²) in [7, 11) is -2.21. The van der Waals surface area contributed by atoms with Gasteiger partial charge in [0.2, 0.25) is 0 Å². The van der Waals surface area contributed by atoms with E-state index in [4.69, 9.17) is 4.74 Å². The molecule has 0 fully saturated rings. The Balaban J connectivity index is 1.71. The molecule has 0 aliphatic rings. The summed E-state index contributed by atoms with van der Waals surface area (Å²) < 4.78 is 34.8. The Morgan fingerprint density at radius 3 is 2.39 bits per heavy atom. The third-order valence-electron chi connectivity index (χ3n) is 6.14. The molecular formula is C27H36N2O3S. The first-order valence-electron chi connectivity index (χ1n) is 12.0. The van der Waals surface area contributed by atoms with Crippen LogP contribution >= 0.6 is 0 Å². The topological polar surface area (TPSA) is 68.3 Å². The smallest absolute Gasteiger partial charge is 0.262 e. The summed E-state index contributed by atoms with van der Waals surface area (Å²) in [4.78, 5) is 4.68. The van der Waals surface area contributed by atoms with Gasteiger partial charge in [-0.05, 0) is 49.1 Å². The molecule has 0 saturated carbocycles. The Kier molecular flexibility index (Phi) is 9.12. The summed E-state index contributed by atoms with van der Waals surface area (Å²) in [6.45, 7) is 4.14. The lowest BCUT2D eigenvalue weighted by Gasteiger charge is -2.15. The molecule has 0 saturated heterocycles. The number of nitrogens with one attached hydrogen (secondary N) is 1. The molecule has 0 aliphatic heterocycles. The van der Waals surface area contributed by atoms with Crippen LogP contribution in [0.1, 0.15) is 69.4 Å². The van der Waals surface area contributed by atoms with Gasteiger partial charge >= 0.3 is 0 Å². The minimum Gasteiger partial charge on any atom is -0.497 e. The number of rotatable bonds is 13. The maximum Gasteiger partial charge on any atom is 0.262 e. The molecule has 1 aromatic heterocycles. The Labute approximate surface area is 198 Å². The summed E-state index contributed by atoms with van der Waals surface area (Å²) in [6.07, 6.45) is 12.6. The van der Waals surface area contributed by atoms with Crippen molar-refractivity contribution in [1.29, 1.82) is 0 Å². The molecule has 5 nitrogen and oxygen atoms in total. The number of hydrogen-bond donors (Lipinski definition) is 1. The zero-order valence-electron chi connectivity index (χ0n) is 20.1. The molecule has 3 aromatic rings. The van der Waals surface area contributed by atoms with E-state index < -0.39 is 10.0 Å². The molecule has 0 atom stereocenters.